The van der Waals surface area contributed by atoms with Crippen LogP contribution in [0.4, 0.5) is 0 Å². The van der Waals surface area contributed by atoms with Crippen molar-refractivity contribution in [2.45, 2.75) is 19.3 Å². The third-order valence-corrected chi connectivity index (χ3v) is 4.03. The van der Waals surface area contributed by atoms with Crippen molar-refractivity contribution in [2.75, 3.05) is 6.54 Å². The molecule has 18 heavy (non-hydrogen) atoms. The van der Waals surface area contributed by atoms with E-state index in [4.69, 9.17) is 17.3 Å². The van der Waals surface area contributed by atoms with E-state index in [1.165, 1.54) is 27.8 Å². The molecule has 2 N–H and O–H groups in total. The topological polar surface area (TPSA) is 26.0 Å². The van der Waals surface area contributed by atoms with Crippen molar-refractivity contribution < 1.29 is 0 Å². The molecule has 1 atom stereocenters. The van der Waals surface area contributed by atoms with Gasteiger partial charge in [0.1, 0.15) is 0 Å². The van der Waals surface area contributed by atoms with E-state index in [0.717, 1.165) is 11.4 Å². The van der Waals surface area contributed by atoms with Gasteiger partial charge in [-0.1, -0.05) is 35.9 Å². The third kappa shape index (κ3) is 1.66. The van der Waals surface area contributed by atoms with Crippen molar-refractivity contribution in [3.05, 3.63) is 58.1 Å². The molecule has 0 saturated carbocycles. The summed E-state index contributed by atoms with van der Waals surface area (Å²) in [6.07, 6.45) is 0.976. The summed E-state index contributed by atoms with van der Waals surface area (Å²) in [5.74, 6) is 0.401. The van der Waals surface area contributed by atoms with E-state index in [1.807, 2.05) is 6.07 Å². The molecule has 2 heteroatoms. The molecular weight excluding hydrogens is 242 g/mol. The predicted molar refractivity (Wildman–Crippen MR) is 77.1 cm³/mol. The number of fused-ring (bicyclic) bond motifs is 3. The zero-order chi connectivity index (χ0) is 12.7. The van der Waals surface area contributed by atoms with Crippen LogP contribution < -0.4 is 5.73 Å². The Bertz CT molecular complexity index is 604. The number of nitrogens with two attached hydrogens (primary N) is 1. The van der Waals surface area contributed by atoms with Gasteiger partial charge in [-0.25, -0.2) is 0 Å². The van der Waals surface area contributed by atoms with E-state index in [0.29, 0.717) is 12.5 Å². The SMILES string of the molecule is Cc1cccc2c1-c1ccc(Cl)cc1C2CCN. The van der Waals surface area contributed by atoms with Crippen molar-refractivity contribution in [1.82, 2.24) is 0 Å². The minimum atomic E-state index is 0.401. The van der Waals surface area contributed by atoms with Gasteiger partial charge in [0.25, 0.3) is 0 Å². The monoisotopic (exact) mass is 257 g/mol. The molecule has 0 spiro atoms. The second-order valence-electron chi connectivity index (χ2n) is 4.90. The Morgan fingerprint density at radius 1 is 1.17 bits per heavy atom. The van der Waals surface area contributed by atoms with Crippen molar-refractivity contribution in [3.63, 3.8) is 0 Å². The predicted octanol–water partition coefficient (Wildman–Crippen LogP) is 4.11. The van der Waals surface area contributed by atoms with Gasteiger partial charge in [-0.05, 0) is 59.8 Å². The lowest BCUT2D eigenvalue weighted by Gasteiger charge is -2.12. The lowest BCUT2D eigenvalue weighted by molar-refractivity contribution is 0.741. The maximum Gasteiger partial charge on any atom is 0.0409 e. The Morgan fingerprint density at radius 2 is 2.00 bits per heavy atom. The molecule has 0 radical (unpaired) electrons. The summed E-state index contributed by atoms with van der Waals surface area (Å²) in [6.45, 7) is 2.87. The van der Waals surface area contributed by atoms with Crippen LogP contribution >= 0.6 is 11.6 Å². The Hall–Kier alpha value is -1.31. The van der Waals surface area contributed by atoms with Crippen molar-refractivity contribution >= 4 is 11.6 Å². The summed E-state index contributed by atoms with van der Waals surface area (Å²) in [5, 5.41) is 0.807. The average Bonchev–Trinajstić information content (AvgIpc) is 2.66. The number of halogens is 1. The van der Waals surface area contributed by atoms with Crippen LogP contribution in [0.3, 0.4) is 0 Å². The number of hydrogen-bond acceptors (Lipinski definition) is 1. The molecule has 0 amide bonds. The molecule has 0 aliphatic heterocycles. The molecule has 1 nitrogen and oxygen atoms in total. The molecule has 2 aromatic rings. The normalized spacial score (nSPS) is 16.5. The van der Waals surface area contributed by atoms with Gasteiger partial charge in [-0.2, -0.15) is 0 Å². The Labute approximate surface area is 113 Å². The highest BCUT2D eigenvalue weighted by atomic mass is 35.5. The molecule has 0 fully saturated rings. The molecule has 2 aromatic carbocycles. The lowest BCUT2D eigenvalue weighted by Crippen LogP contribution is -2.06. The van der Waals surface area contributed by atoms with Crippen LogP contribution in [0.25, 0.3) is 11.1 Å². The summed E-state index contributed by atoms with van der Waals surface area (Å²) in [4.78, 5) is 0. The first kappa shape index (κ1) is 11.8. The van der Waals surface area contributed by atoms with Gasteiger partial charge in [0.05, 0.1) is 0 Å². The van der Waals surface area contributed by atoms with Crippen LogP contribution in [-0.4, -0.2) is 6.54 Å². The Morgan fingerprint density at radius 3 is 2.78 bits per heavy atom. The summed E-state index contributed by atoms with van der Waals surface area (Å²) >= 11 is 6.14. The second-order valence-corrected chi connectivity index (χ2v) is 5.34. The zero-order valence-corrected chi connectivity index (χ0v) is 11.2. The number of benzene rings is 2. The fraction of sp³-hybridized carbons (Fsp3) is 0.250. The highest BCUT2D eigenvalue weighted by molar-refractivity contribution is 6.30. The van der Waals surface area contributed by atoms with Gasteiger partial charge in [-0.3, -0.25) is 0 Å². The third-order valence-electron chi connectivity index (χ3n) is 3.79. The van der Waals surface area contributed by atoms with Crippen molar-refractivity contribution in [3.8, 4) is 11.1 Å². The molecule has 1 aliphatic rings. The quantitative estimate of drug-likeness (QED) is 0.861. The molecule has 0 bridgehead atoms. The van der Waals surface area contributed by atoms with E-state index in [2.05, 4.69) is 37.3 Å². The first-order valence-electron chi connectivity index (χ1n) is 6.31. The van der Waals surface area contributed by atoms with Gasteiger partial charge in [0.2, 0.25) is 0 Å². The minimum absolute atomic E-state index is 0.401. The summed E-state index contributed by atoms with van der Waals surface area (Å²) < 4.78 is 0. The fourth-order valence-corrected chi connectivity index (χ4v) is 3.22. The van der Waals surface area contributed by atoms with Crippen LogP contribution in [0.2, 0.25) is 5.02 Å². The van der Waals surface area contributed by atoms with Crippen molar-refractivity contribution in [1.29, 1.82) is 0 Å². The maximum atomic E-state index is 6.14. The number of hydrogen-bond donors (Lipinski definition) is 1. The van der Waals surface area contributed by atoms with E-state index in [1.54, 1.807) is 0 Å². The standard InChI is InChI=1S/C16H16ClN/c1-10-3-2-4-13-12(7-8-18)15-9-11(17)5-6-14(15)16(10)13/h2-6,9,12H,7-8,18H2,1H3. The summed E-state index contributed by atoms with van der Waals surface area (Å²) in [5.41, 5.74) is 12.5. The van der Waals surface area contributed by atoms with E-state index < -0.39 is 0 Å². The van der Waals surface area contributed by atoms with Crippen LogP contribution in [0.5, 0.6) is 0 Å². The molecular formula is C16H16ClN. The van der Waals surface area contributed by atoms with E-state index in [-0.39, 0.29) is 0 Å². The molecule has 0 aromatic heterocycles. The Kier molecular flexibility index (Phi) is 2.89. The van der Waals surface area contributed by atoms with Gasteiger partial charge < -0.3 is 5.73 Å². The molecule has 0 saturated heterocycles. The summed E-state index contributed by atoms with van der Waals surface area (Å²) in [6, 6.07) is 12.7. The number of aryl methyl sites for hydroxylation is 1. The molecule has 3 rings (SSSR count). The number of rotatable bonds is 2. The van der Waals surface area contributed by atoms with Gasteiger partial charge in [-0.15, -0.1) is 0 Å². The van der Waals surface area contributed by atoms with Gasteiger partial charge >= 0.3 is 0 Å². The zero-order valence-electron chi connectivity index (χ0n) is 10.4. The van der Waals surface area contributed by atoms with Crippen LogP contribution in [0.1, 0.15) is 29.0 Å². The molecule has 1 aliphatic carbocycles. The fourth-order valence-electron chi connectivity index (χ4n) is 3.04. The van der Waals surface area contributed by atoms with E-state index in [9.17, 15) is 0 Å². The van der Waals surface area contributed by atoms with E-state index >= 15 is 0 Å². The van der Waals surface area contributed by atoms with Crippen molar-refractivity contribution in [2.24, 2.45) is 5.73 Å². The average molecular weight is 258 g/mol. The smallest absolute Gasteiger partial charge is 0.0409 e. The first-order chi connectivity index (χ1) is 8.72. The maximum absolute atomic E-state index is 6.14. The second kappa shape index (κ2) is 4.42. The highest BCUT2D eigenvalue weighted by Gasteiger charge is 2.28. The van der Waals surface area contributed by atoms with Gasteiger partial charge in [0.15, 0.2) is 0 Å². The Balaban J connectivity index is 2.27. The minimum Gasteiger partial charge on any atom is -0.330 e. The molecule has 92 valence electrons. The van der Waals surface area contributed by atoms with Crippen LogP contribution in [-0.2, 0) is 0 Å². The molecule has 0 heterocycles. The van der Waals surface area contributed by atoms with Gasteiger partial charge in [0, 0.05) is 10.9 Å². The molecule has 1 unspecified atom stereocenters. The lowest BCUT2D eigenvalue weighted by atomic mass is 9.93. The first-order valence-corrected chi connectivity index (χ1v) is 6.69. The highest BCUT2D eigenvalue weighted by Crippen LogP contribution is 2.48. The van der Waals surface area contributed by atoms with Crippen LogP contribution in [0, 0.1) is 6.92 Å². The largest absolute Gasteiger partial charge is 0.330 e. The summed E-state index contributed by atoms with van der Waals surface area (Å²) in [7, 11) is 0. The van der Waals surface area contributed by atoms with Crippen LogP contribution in [0.15, 0.2) is 36.4 Å².